The Balaban J connectivity index is 0.00000135. The third kappa shape index (κ3) is 1.63. The molecule has 0 radical (unpaired) electrons. The largest absolute Gasteiger partial charge is 1.00 e. The number of benzene rings is 1. The summed E-state index contributed by atoms with van der Waals surface area (Å²) in [6, 6.07) is 4.31. The Bertz CT molecular complexity index is 716. The van der Waals surface area contributed by atoms with Crippen molar-refractivity contribution in [3.8, 4) is 11.5 Å². The molecule has 1 saturated heterocycles. The number of piperidine rings is 1. The van der Waals surface area contributed by atoms with Crippen LogP contribution in [0.2, 0.25) is 0 Å². The predicted molar refractivity (Wildman–Crippen MR) is 81.9 cm³/mol. The molecule has 2 aliphatic heterocycles. The van der Waals surface area contributed by atoms with Crippen molar-refractivity contribution < 1.29 is 36.4 Å². The van der Waals surface area contributed by atoms with Crippen LogP contribution in [0.3, 0.4) is 0 Å². The number of rotatable bonds is 0. The van der Waals surface area contributed by atoms with Crippen molar-refractivity contribution in [1.29, 1.82) is 0 Å². The number of aromatic hydroxyl groups is 1. The average molecular weight is 380 g/mol. The third-order valence-electron chi connectivity index (χ3n) is 6.70. The van der Waals surface area contributed by atoms with E-state index in [9.17, 15) is 10.2 Å². The van der Waals surface area contributed by atoms with Gasteiger partial charge in [-0.2, -0.15) is 0 Å². The fourth-order valence-corrected chi connectivity index (χ4v) is 5.60. The molecule has 2 bridgehead atoms. The summed E-state index contributed by atoms with van der Waals surface area (Å²) < 4.78 is 7.14. The molecule has 5 heteroatoms. The van der Waals surface area contributed by atoms with Crippen LogP contribution < -0.4 is 21.7 Å². The maximum atomic E-state index is 10.5. The molecule has 1 aromatic rings. The highest BCUT2D eigenvalue weighted by atomic mass is 79.9. The minimum absolute atomic E-state index is 0. The molecule has 5 unspecified atom stereocenters. The molecule has 124 valence electrons. The number of aliphatic hydroxyl groups excluding tert-OH is 1. The first kappa shape index (κ1) is 15.5. The SMILES string of the molecule is C[N+]1(C)CCC23c4c5ccc(O)c4OC2C(O)C=CC3C1C5.[Br-]. The average Bonchev–Trinajstić information content (AvgIpc) is 2.84. The van der Waals surface area contributed by atoms with Crippen molar-refractivity contribution in [2.24, 2.45) is 5.92 Å². The number of likely N-dealkylation sites (tertiary alicyclic amines) is 1. The standard InChI is InChI=1S/C18H21NO3.BrH/c1-19(2)8-7-18-11-4-6-14(21)17(18)22-16-13(20)5-3-10(15(16)18)9-12(11)19;/h3-6,11-12,14,17,21H,7-9H2,1-2H3;1H. The molecule has 23 heavy (non-hydrogen) atoms. The summed E-state index contributed by atoms with van der Waals surface area (Å²) >= 11 is 0. The van der Waals surface area contributed by atoms with Gasteiger partial charge in [-0.15, -0.1) is 0 Å². The van der Waals surface area contributed by atoms with Gasteiger partial charge in [0.2, 0.25) is 0 Å². The van der Waals surface area contributed by atoms with Gasteiger partial charge < -0.3 is 36.4 Å². The van der Waals surface area contributed by atoms with Crippen LogP contribution in [-0.4, -0.2) is 53.6 Å². The van der Waals surface area contributed by atoms with E-state index in [1.54, 1.807) is 6.07 Å². The molecular weight excluding hydrogens is 358 g/mol. The smallest absolute Gasteiger partial charge is 0.165 e. The summed E-state index contributed by atoms with van der Waals surface area (Å²) in [5, 5.41) is 20.8. The minimum atomic E-state index is -0.594. The molecule has 5 atom stereocenters. The Hall–Kier alpha value is -1.04. The molecule has 4 aliphatic rings. The van der Waals surface area contributed by atoms with Crippen LogP contribution in [-0.2, 0) is 11.8 Å². The predicted octanol–water partition coefficient (Wildman–Crippen LogP) is -1.65. The number of quaternary nitrogens is 1. The zero-order valence-electron chi connectivity index (χ0n) is 13.4. The highest BCUT2D eigenvalue weighted by molar-refractivity contribution is 5.61. The summed E-state index contributed by atoms with van der Waals surface area (Å²) in [6.07, 6.45) is 5.28. The Kier molecular flexibility index (Phi) is 3.05. The quantitative estimate of drug-likeness (QED) is 0.419. The van der Waals surface area contributed by atoms with E-state index in [4.69, 9.17) is 4.74 Å². The summed E-state index contributed by atoms with van der Waals surface area (Å²) in [5.74, 6) is 1.22. The van der Waals surface area contributed by atoms with Crippen LogP contribution in [0.25, 0.3) is 0 Å². The van der Waals surface area contributed by atoms with Crippen LogP contribution in [0.5, 0.6) is 11.5 Å². The lowest BCUT2D eigenvalue weighted by molar-refractivity contribution is -0.926. The van der Waals surface area contributed by atoms with Crippen molar-refractivity contribution in [2.45, 2.75) is 36.5 Å². The lowest BCUT2D eigenvalue weighted by atomic mass is 9.53. The number of ether oxygens (including phenoxy) is 1. The van der Waals surface area contributed by atoms with Crippen molar-refractivity contribution >= 4 is 0 Å². The van der Waals surface area contributed by atoms with E-state index in [1.807, 2.05) is 6.08 Å². The summed E-state index contributed by atoms with van der Waals surface area (Å²) in [4.78, 5) is 0. The van der Waals surface area contributed by atoms with E-state index < -0.39 is 6.10 Å². The minimum Gasteiger partial charge on any atom is -1.00 e. The first-order valence-electron chi connectivity index (χ1n) is 8.16. The number of aliphatic hydroxyl groups is 1. The second-order valence-electron chi connectivity index (χ2n) is 7.95. The maximum Gasteiger partial charge on any atom is 0.165 e. The zero-order valence-corrected chi connectivity index (χ0v) is 15.0. The Morgan fingerprint density at radius 3 is 2.83 bits per heavy atom. The Labute approximate surface area is 146 Å². The van der Waals surface area contributed by atoms with Crippen LogP contribution >= 0.6 is 0 Å². The number of nitrogens with zero attached hydrogens (tertiary/aromatic N) is 1. The number of halogens is 1. The number of phenols is 1. The number of likely N-dealkylation sites (N-methyl/N-ethyl adjacent to an activating group) is 1. The van der Waals surface area contributed by atoms with Gasteiger partial charge in [0, 0.05) is 24.3 Å². The van der Waals surface area contributed by atoms with Gasteiger partial charge in [-0.25, -0.2) is 0 Å². The fourth-order valence-electron chi connectivity index (χ4n) is 5.60. The lowest BCUT2D eigenvalue weighted by Gasteiger charge is -2.58. The molecule has 1 spiro atoms. The van der Waals surface area contributed by atoms with Crippen LogP contribution in [0.15, 0.2) is 24.3 Å². The molecule has 0 aromatic heterocycles. The van der Waals surface area contributed by atoms with Gasteiger partial charge in [-0.3, -0.25) is 0 Å². The normalized spacial score (nSPS) is 40.8. The fraction of sp³-hybridized carbons (Fsp3) is 0.556. The number of hydrogen-bond donors (Lipinski definition) is 2. The molecular formula is C18H22BrNO3. The van der Waals surface area contributed by atoms with E-state index in [1.165, 1.54) is 11.1 Å². The number of hydrogen-bond acceptors (Lipinski definition) is 3. The summed E-state index contributed by atoms with van der Waals surface area (Å²) in [7, 11) is 4.63. The van der Waals surface area contributed by atoms with Crippen molar-refractivity contribution in [3.05, 3.63) is 35.4 Å². The van der Waals surface area contributed by atoms with Crippen LogP contribution in [0, 0.1) is 5.92 Å². The molecule has 1 aromatic carbocycles. The molecule has 1 fully saturated rings. The topological polar surface area (TPSA) is 49.7 Å². The molecule has 2 aliphatic carbocycles. The highest BCUT2D eigenvalue weighted by Crippen LogP contribution is 2.63. The second-order valence-corrected chi connectivity index (χ2v) is 7.95. The zero-order chi connectivity index (χ0) is 15.3. The van der Waals surface area contributed by atoms with Gasteiger partial charge in [-0.1, -0.05) is 18.2 Å². The van der Waals surface area contributed by atoms with Crippen LogP contribution in [0.1, 0.15) is 17.5 Å². The molecule has 5 rings (SSSR count). The van der Waals surface area contributed by atoms with Crippen molar-refractivity contribution in [2.75, 3.05) is 20.6 Å². The van der Waals surface area contributed by atoms with Gasteiger partial charge in [0.1, 0.15) is 18.2 Å². The maximum absolute atomic E-state index is 10.5. The molecule has 2 heterocycles. The number of phenolic OH excluding ortho intramolecular Hbond substituents is 1. The summed E-state index contributed by atoms with van der Waals surface area (Å²) in [5.41, 5.74) is 2.32. The summed E-state index contributed by atoms with van der Waals surface area (Å²) in [6.45, 7) is 1.08. The monoisotopic (exact) mass is 379 g/mol. The lowest BCUT2D eigenvalue weighted by Crippen LogP contribution is -3.00. The van der Waals surface area contributed by atoms with Crippen LogP contribution in [0.4, 0.5) is 0 Å². The Morgan fingerprint density at radius 2 is 2.04 bits per heavy atom. The van der Waals surface area contributed by atoms with Gasteiger partial charge in [0.05, 0.1) is 26.1 Å². The van der Waals surface area contributed by atoms with Gasteiger partial charge in [0.15, 0.2) is 11.5 Å². The van der Waals surface area contributed by atoms with Gasteiger partial charge >= 0.3 is 0 Å². The van der Waals surface area contributed by atoms with E-state index in [0.717, 1.165) is 23.9 Å². The van der Waals surface area contributed by atoms with E-state index in [2.05, 4.69) is 26.2 Å². The van der Waals surface area contributed by atoms with E-state index in [0.29, 0.717) is 17.7 Å². The first-order chi connectivity index (χ1) is 10.4. The highest BCUT2D eigenvalue weighted by Gasteiger charge is 2.67. The molecule has 0 amide bonds. The Morgan fingerprint density at radius 1 is 1.26 bits per heavy atom. The van der Waals surface area contributed by atoms with Gasteiger partial charge in [-0.05, 0) is 11.6 Å². The van der Waals surface area contributed by atoms with Gasteiger partial charge in [0.25, 0.3) is 0 Å². The second kappa shape index (κ2) is 4.52. The van der Waals surface area contributed by atoms with Crippen molar-refractivity contribution in [1.82, 2.24) is 0 Å². The van der Waals surface area contributed by atoms with E-state index in [-0.39, 0.29) is 34.2 Å². The third-order valence-corrected chi connectivity index (χ3v) is 6.70. The molecule has 0 saturated carbocycles. The van der Waals surface area contributed by atoms with E-state index >= 15 is 0 Å². The molecule has 4 nitrogen and oxygen atoms in total. The molecule has 2 N–H and O–H groups in total. The first-order valence-corrected chi connectivity index (χ1v) is 8.16. The van der Waals surface area contributed by atoms with Crippen molar-refractivity contribution in [3.63, 3.8) is 0 Å².